The SMILES string of the molecule is CCc1ccc(C(N)C2(C)CCCC2)cc1CC. The van der Waals surface area contributed by atoms with Crippen molar-refractivity contribution in [3.05, 3.63) is 34.9 Å². The van der Waals surface area contributed by atoms with E-state index in [0.717, 1.165) is 12.8 Å². The molecule has 0 radical (unpaired) electrons. The monoisotopic (exact) mass is 245 g/mol. The standard InChI is InChI=1S/C17H27N/c1-4-13-8-9-15(12-14(13)5-2)16(18)17(3)10-6-7-11-17/h8-9,12,16H,4-7,10-11,18H2,1-3H3. The zero-order chi connectivity index (χ0) is 13.2. The van der Waals surface area contributed by atoms with Gasteiger partial charge in [0.15, 0.2) is 0 Å². The minimum Gasteiger partial charge on any atom is -0.323 e. The summed E-state index contributed by atoms with van der Waals surface area (Å²) in [5.41, 5.74) is 11.2. The maximum Gasteiger partial charge on any atom is 0.0349 e. The van der Waals surface area contributed by atoms with E-state index in [1.165, 1.54) is 42.4 Å². The van der Waals surface area contributed by atoms with Gasteiger partial charge in [-0.3, -0.25) is 0 Å². The smallest absolute Gasteiger partial charge is 0.0349 e. The molecule has 100 valence electrons. The number of hydrogen-bond acceptors (Lipinski definition) is 1. The first-order valence-corrected chi connectivity index (χ1v) is 7.48. The summed E-state index contributed by atoms with van der Waals surface area (Å²) >= 11 is 0. The zero-order valence-corrected chi connectivity index (χ0v) is 12.1. The van der Waals surface area contributed by atoms with Crippen molar-refractivity contribution in [1.82, 2.24) is 0 Å². The van der Waals surface area contributed by atoms with Crippen LogP contribution in [0.15, 0.2) is 18.2 Å². The predicted octanol–water partition coefficient (Wildman–Crippen LogP) is 4.39. The largest absolute Gasteiger partial charge is 0.323 e. The van der Waals surface area contributed by atoms with Gasteiger partial charge in [0.05, 0.1) is 0 Å². The lowest BCUT2D eigenvalue weighted by molar-refractivity contribution is 0.265. The Bertz CT molecular complexity index is 402. The quantitative estimate of drug-likeness (QED) is 0.836. The molecule has 2 N–H and O–H groups in total. The van der Waals surface area contributed by atoms with Crippen molar-refractivity contribution >= 4 is 0 Å². The Morgan fingerprint density at radius 3 is 2.28 bits per heavy atom. The van der Waals surface area contributed by atoms with Gasteiger partial charge in [0.2, 0.25) is 0 Å². The summed E-state index contributed by atoms with van der Waals surface area (Å²) in [5, 5.41) is 0. The normalized spacial score (nSPS) is 20.0. The molecule has 1 atom stereocenters. The Morgan fingerprint density at radius 2 is 1.72 bits per heavy atom. The van der Waals surface area contributed by atoms with Gasteiger partial charge in [-0.25, -0.2) is 0 Å². The molecule has 0 amide bonds. The molecule has 1 aromatic rings. The molecular formula is C17H27N. The van der Waals surface area contributed by atoms with Crippen molar-refractivity contribution in [3.8, 4) is 0 Å². The van der Waals surface area contributed by atoms with Crippen molar-refractivity contribution < 1.29 is 0 Å². The van der Waals surface area contributed by atoms with Gasteiger partial charge >= 0.3 is 0 Å². The van der Waals surface area contributed by atoms with Crippen LogP contribution in [0.5, 0.6) is 0 Å². The lowest BCUT2D eigenvalue weighted by atomic mass is 9.77. The van der Waals surface area contributed by atoms with Crippen molar-refractivity contribution in [1.29, 1.82) is 0 Å². The highest BCUT2D eigenvalue weighted by molar-refractivity contribution is 5.34. The summed E-state index contributed by atoms with van der Waals surface area (Å²) in [4.78, 5) is 0. The molecule has 0 saturated heterocycles. The molecule has 0 heterocycles. The molecule has 1 aliphatic rings. The summed E-state index contributed by atoms with van der Waals surface area (Å²) in [5.74, 6) is 0. The number of aryl methyl sites for hydroxylation is 2. The molecule has 2 rings (SSSR count). The molecule has 1 fully saturated rings. The lowest BCUT2D eigenvalue weighted by Crippen LogP contribution is -2.29. The second kappa shape index (κ2) is 5.44. The van der Waals surface area contributed by atoms with E-state index in [1.807, 2.05) is 0 Å². The van der Waals surface area contributed by atoms with Crippen molar-refractivity contribution in [3.63, 3.8) is 0 Å². The molecule has 1 saturated carbocycles. The van der Waals surface area contributed by atoms with Crippen molar-refractivity contribution in [2.24, 2.45) is 11.1 Å². The first-order valence-electron chi connectivity index (χ1n) is 7.48. The molecule has 0 aromatic heterocycles. The second-order valence-electron chi connectivity index (χ2n) is 6.07. The lowest BCUT2D eigenvalue weighted by Gasteiger charge is -2.32. The third-order valence-electron chi connectivity index (χ3n) is 4.85. The van der Waals surface area contributed by atoms with Crippen LogP contribution in [0.2, 0.25) is 0 Å². The fraction of sp³-hybridized carbons (Fsp3) is 0.647. The average Bonchev–Trinajstić information content (AvgIpc) is 2.85. The third kappa shape index (κ3) is 2.47. The van der Waals surface area contributed by atoms with Crippen molar-refractivity contribution in [2.45, 2.75) is 65.3 Å². The molecule has 1 aliphatic carbocycles. The first kappa shape index (κ1) is 13.6. The van der Waals surface area contributed by atoms with Crippen LogP contribution in [0.4, 0.5) is 0 Å². The van der Waals surface area contributed by atoms with E-state index < -0.39 is 0 Å². The number of benzene rings is 1. The maximum atomic E-state index is 6.55. The summed E-state index contributed by atoms with van der Waals surface area (Å²) in [7, 11) is 0. The Balaban J connectivity index is 2.27. The topological polar surface area (TPSA) is 26.0 Å². The summed E-state index contributed by atoms with van der Waals surface area (Å²) in [6.45, 7) is 6.83. The van der Waals surface area contributed by atoms with Gasteiger partial charge < -0.3 is 5.73 Å². The zero-order valence-electron chi connectivity index (χ0n) is 12.1. The van der Waals surface area contributed by atoms with Gasteiger partial charge in [0.25, 0.3) is 0 Å². The van der Waals surface area contributed by atoms with Gasteiger partial charge in [0.1, 0.15) is 0 Å². The Kier molecular flexibility index (Phi) is 4.11. The van der Waals surface area contributed by atoms with Gasteiger partial charge in [-0.1, -0.05) is 51.8 Å². The number of nitrogens with two attached hydrogens (primary N) is 1. The van der Waals surface area contributed by atoms with E-state index in [0.29, 0.717) is 5.41 Å². The predicted molar refractivity (Wildman–Crippen MR) is 78.7 cm³/mol. The highest BCUT2D eigenvalue weighted by Gasteiger charge is 2.35. The van der Waals surface area contributed by atoms with Gasteiger partial charge in [0, 0.05) is 6.04 Å². The van der Waals surface area contributed by atoms with Crippen LogP contribution >= 0.6 is 0 Å². The molecular weight excluding hydrogens is 218 g/mol. The second-order valence-corrected chi connectivity index (χ2v) is 6.07. The molecule has 1 heteroatoms. The van der Waals surface area contributed by atoms with E-state index in [1.54, 1.807) is 0 Å². The maximum absolute atomic E-state index is 6.55. The van der Waals surface area contributed by atoms with E-state index in [-0.39, 0.29) is 6.04 Å². The van der Waals surface area contributed by atoms with E-state index in [9.17, 15) is 0 Å². The molecule has 1 unspecified atom stereocenters. The molecule has 18 heavy (non-hydrogen) atoms. The van der Waals surface area contributed by atoms with E-state index in [2.05, 4.69) is 39.0 Å². The molecule has 0 spiro atoms. The Labute approximate surface area is 112 Å². The van der Waals surface area contributed by atoms with Crippen molar-refractivity contribution in [2.75, 3.05) is 0 Å². The van der Waals surface area contributed by atoms with Crippen LogP contribution in [-0.2, 0) is 12.8 Å². The fourth-order valence-corrected chi connectivity index (χ4v) is 3.41. The first-order chi connectivity index (χ1) is 8.60. The molecule has 0 bridgehead atoms. The summed E-state index contributed by atoms with van der Waals surface area (Å²) < 4.78 is 0. The number of rotatable bonds is 4. The minimum absolute atomic E-state index is 0.205. The van der Waals surface area contributed by atoms with Crippen LogP contribution in [0.3, 0.4) is 0 Å². The molecule has 0 aliphatic heterocycles. The molecule has 1 aromatic carbocycles. The van der Waals surface area contributed by atoms with Crippen LogP contribution in [0.1, 0.15) is 69.2 Å². The molecule has 1 nitrogen and oxygen atoms in total. The van der Waals surface area contributed by atoms with Crippen LogP contribution in [0, 0.1) is 5.41 Å². The van der Waals surface area contributed by atoms with E-state index >= 15 is 0 Å². The van der Waals surface area contributed by atoms with Crippen LogP contribution in [0.25, 0.3) is 0 Å². The Morgan fingerprint density at radius 1 is 1.11 bits per heavy atom. The summed E-state index contributed by atoms with van der Waals surface area (Å²) in [6, 6.07) is 7.10. The minimum atomic E-state index is 0.205. The van der Waals surface area contributed by atoms with Crippen LogP contribution in [-0.4, -0.2) is 0 Å². The van der Waals surface area contributed by atoms with Gasteiger partial charge in [-0.2, -0.15) is 0 Å². The van der Waals surface area contributed by atoms with Crippen LogP contribution < -0.4 is 5.73 Å². The highest BCUT2D eigenvalue weighted by atomic mass is 14.7. The Hall–Kier alpha value is -0.820. The average molecular weight is 245 g/mol. The van der Waals surface area contributed by atoms with E-state index in [4.69, 9.17) is 5.73 Å². The van der Waals surface area contributed by atoms with Gasteiger partial charge in [-0.15, -0.1) is 0 Å². The fourth-order valence-electron chi connectivity index (χ4n) is 3.41. The van der Waals surface area contributed by atoms with Gasteiger partial charge in [-0.05, 0) is 47.8 Å². The third-order valence-corrected chi connectivity index (χ3v) is 4.85. The summed E-state index contributed by atoms with van der Waals surface area (Å²) in [6.07, 6.45) is 7.49. The highest BCUT2D eigenvalue weighted by Crippen LogP contribution is 2.46. The number of hydrogen-bond donors (Lipinski definition) is 1.